The van der Waals surface area contributed by atoms with Gasteiger partial charge in [-0.15, -0.1) is 0 Å². The van der Waals surface area contributed by atoms with Crippen LogP contribution in [0.25, 0.3) is 0 Å². The van der Waals surface area contributed by atoms with Gasteiger partial charge in [0.15, 0.2) is 0 Å². The molecule has 3 rings (SSSR count). The third-order valence-corrected chi connectivity index (χ3v) is 3.27. The van der Waals surface area contributed by atoms with Gasteiger partial charge in [-0.1, -0.05) is 11.6 Å². The van der Waals surface area contributed by atoms with Crippen LogP contribution in [0.2, 0.25) is 5.02 Å². The van der Waals surface area contributed by atoms with Crippen LogP contribution in [0.1, 0.15) is 11.8 Å². The van der Waals surface area contributed by atoms with Gasteiger partial charge in [-0.3, -0.25) is 4.98 Å². The summed E-state index contributed by atoms with van der Waals surface area (Å²) in [5.41, 5.74) is 1.82. The van der Waals surface area contributed by atoms with Gasteiger partial charge in [0, 0.05) is 19.3 Å². The molecular formula is C14H15ClN4O. The highest BCUT2D eigenvalue weighted by molar-refractivity contribution is 6.30. The number of anilines is 2. The largest absolute Gasteiger partial charge is 0.369 e. The molecule has 1 aliphatic rings. The number of halogens is 1. The molecule has 1 fully saturated rings. The number of nitrogens with one attached hydrogen (secondary N) is 2. The smallest absolute Gasteiger partial charge is 0.130 e. The molecule has 0 aromatic carbocycles. The predicted octanol–water partition coefficient (Wildman–Crippen LogP) is 2.53. The number of aromatic nitrogens is 2. The van der Waals surface area contributed by atoms with Crippen molar-refractivity contribution in [2.45, 2.75) is 6.10 Å². The molecule has 104 valence electrons. The lowest BCUT2D eigenvalue weighted by Crippen LogP contribution is -2.33. The SMILES string of the molecule is Clc1ccc(Nc2ccc([C@@H]3CNCCO3)nc2)nc1. The minimum atomic E-state index is 0.0338. The summed E-state index contributed by atoms with van der Waals surface area (Å²) in [6.07, 6.45) is 3.42. The fourth-order valence-corrected chi connectivity index (χ4v) is 2.13. The number of hydrogen-bond donors (Lipinski definition) is 2. The van der Waals surface area contributed by atoms with E-state index in [1.54, 1.807) is 18.5 Å². The molecule has 0 unspecified atom stereocenters. The Morgan fingerprint density at radius 1 is 1.20 bits per heavy atom. The zero-order valence-corrected chi connectivity index (χ0v) is 11.6. The summed E-state index contributed by atoms with van der Waals surface area (Å²) in [6, 6.07) is 7.55. The Hall–Kier alpha value is -1.69. The van der Waals surface area contributed by atoms with E-state index < -0.39 is 0 Å². The van der Waals surface area contributed by atoms with Crippen molar-refractivity contribution in [1.29, 1.82) is 0 Å². The molecule has 0 amide bonds. The van der Waals surface area contributed by atoms with E-state index >= 15 is 0 Å². The first-order valence-electron chi connectivity index (χ1n) is 6.48. The maximum Gasteiger partial charge on any atom is 0.130 e. The van der Waals surface area contributed by atoms with Crippen molar-refractivity contribution in [3.63, 3.8) is 0 Å². The topological polar surface area (TPSA) is 59.1 Å². The summed E-state index contributed by atoms with van der Waals surface area (Å²) in [7, 11) is 0. The quantitative estimate of drug-likeness (QED) is 0.910. The second-order valence-electron chi connectivity index (χ2n) is 4.52. The molecule has 2 aromatic rings. The number of pyridine rings is 2. The fraction of sp³-hybridized carbons (Fsp3) is 0.286. The van der Waals surface area contributed by atoms with Gasteiger partial charge in [-0.2, -0.15) is 0 Å². The lowest BCUT2D eigenvalue weighted by Gasteiger charge is -2.23. The van der Waals surface area contributed by atoms with Crippen molar-refractivity contribution in [2.24, 2.45) is 0 Å². The molecule has 2 aromatic heterocycles. The standard InChI is InChI=1S/C14H15ClN4O/c15-10-1-4-14(18-7-10)19-11-2-3-12(17-8-11)13-9-16-5-6-20-13/h1-4,7-8,13,16H,5-6,9H2,(H,18,19)/t13-/m0/s1. The minimum Gasteiger partial charge on any atom is -0.369 e. The Labute approximate surface area is 122 Å². The summed E-state index contributed by atoms with van der Waals surface area (Å²) >= 11 is 5.80. The van der Waals surface area contributed by atoms with Crippen LogP contribution in [0.15, 0.2) is 36.7 Å². The number of hydrogen-bond acceptors (Lipinski definition) is 5. The van der Waals surface area contributed by atoms with Crippen LogP contribution >= 0.6 is 11.6 Å². The second-order valence-corrected chi connectivity index (χ2v) is 4.96. The maximum atomic E-state index is 5.80. The average Bonchev–Trinajstić information content (AvgIpc) is 2.51. The normalized spacial score (nSPS) is 18.8. The van der Waals surface area contributed by atoms with Crippen molar-refractivity contribution < 1.29 is 4.74 Å². The molecule has 0 bridgehead atoms. The summed E-state index contributed by atoms with van der Waals surface area (Å²) in [5, 5.41) is 7.08. The van der Waals surface area contributed by atoms with Gasteiger partial charge in [0.05, 0.1) is 29.2 Å². The van der Waals surface area contributed by atoms with E-state index in [0.717, 1.165) is 36.9 Å². The molecular weight excluding hydrogens is 276 g/mol. The van der Waals surface area contributed by atoms with Gasteiger partial charge >= 0.3 is 0 Å². The third-order valence-electron chi connectivity index (χ3n) is 3.04. The number of rotatable bonds is 3. The Kier molecular flexibility index (Phi) is 4.11. The van der Waals surface area contributed by atoms with Crippen LogP contribution in [-0.4, -0.2) is 29.7 Å². The van der Waals surface area contributed by atoms with Gasteiger partial charge in [-0.05, 0) is 24.3 Å². The van der Waals surface area contributed by atoms with E-state index in [9.17, 15) is 0 Å². The molecule has 20 heavy (non-hydrogen) atoms. The molecule has 5 nitrogen and oxygen atoms in total. The maximum absolute atomic E-state index is 5.80. The van der Waals surface area contributed by atoms with E-state index in [2.05, 4.69) is 20.6 Å². The molecule has 0 radical (unpaired) electrons. The third kappa shape index (κ3) is 3.25. The average molecular weight is 291 g/mol. The van der Waals surface area contributed by atoms with Crippen LogP contribution < -0.4 is 10.6 Å². The Bertz CT molecular complexity index is 552. The summed E-state index contributed by atoms with van der Waals surface area (Å²) in [4.78, 5) is 8.62. The molecule has 3 heterocycles. The molecule has 1 atom stereocenters. The van der Waals surface area contributed by atoms with Crippen LogP contribution in [0, 0.1) is 0 Å². The van der Waals surface area contributed by atoms with Crippen molar-refractivity contribution in [3.05, 3.63) is 47.4 Å². The molecule has 0 aliphatic carbocycles. The first kappa shape index (κ1) is 13.3. The van der Waals surface area contributed by atoms with E-state index in [1.165, 1.54) is 0 Å². The highest BCUT2D eigenvalue weighted by atomic mass is 35.5. The van der Waals surface area contributed by atoms with Crippen LogP contribution in [0.3, 0.4) is 0 Å². The van der Waals surface area contributed by atoms with Crippen molar-refractivity contribution in [3.8, 4) is 0 Å². The van der Waals surface area contributed by atoms with E-state index in [-0.39, 0.29) is 6.10 Å². The van der Waals surface area contributed by atoms with Gasteiger partial charge in [0.1, 0.15) is 11.9 Å². The monoisotopic (exact) mass is 290 g/mol. The second kappa shape index (κ2) is 6.17. The highest BCUT2D eigenvalue weighted by Gasteiger charge is 2.16. The first-order valence-corrected chi connectivity index (χ1v) is 6.86. The molecule has 0 spiro atoms. The lowest BCUT2D eigenvalue weighted by molar-refractivity contribution is 0.0250. The van der Waals surface area contributed by atoms with E-state index in [0.29, 0.717) is 5.02 Å². The number of ether oxygens (including phenoxy) is 1. The number of morpholine rings is 1. The Morgan fingerprint density at radius 3 is 2.80 bits per heavy atom. The van der Waals surface area contributed by atoms with Gasteiger partial charge in [0.2, 0.25) is 0 Å². The predicted molar refractivity (Wildman–Crippen MR) is 78.3 cm³/mol. The molecule has 0 saturated carbocycles. The van der Waals surface area contributed by atoms with Crippen LogP contribution in [0.4, 0.5) is 11.5 Å². The molecule has 2 N–H and O–H groups in total. The Balaban J connectivity index is 1.67. The minimum absolute atomic E-state index is 0.0338. The zero-order chi connectivity index (χ0) is 13.8. The highest BCUT2D eigenvalue weighted by Crippen LogP contribution is 2.20. The van der Waals surface area contributed by atoms with E-state index in [1.807, 2.05) is 18.2 Å². The lowest BCUT2D eigenvalue weighted by atomic mass is 10.2. The summed E-state index contributed by atoms with van der Waals surface area (Å²) in [5.74, 6) is 0.736. The first-order chi connectivity index (χ1) is 9.81. The van der Waals surface area contributed by atoms with Crippen molar-refractivity contribution in [2.75, 3.05) is 25.0 Å². The molecule has 1 saturated heterocycles. The summed E-state index contributed by atoms with van der Waals surface area (Å²) in [6.45, 7) is 2.43. The molecule has 6 heteroatoms. The zero-order valence-electron chi connectivity index (χ0n) is 10.8. The Morgan fingerprint density at radius 2 is 2.15 bits per heavy atom. The van der Waals surface area contributed by atoms with Gasteiger partial charge in [0.25, 0.3) is 0 Å². The fourth-order valence-electron chi connectivity index (χ4n) is 2.02. The molecule has 1 aliphatic heterocycles. The van der Waals surface area contributed by atoms with Crippen molar-refractivity contribution in [1.82, 2.24) is 15.3 Å². The van der Waals surface area contributed by atoms with Crippen molar-refractivity contribution >= 4 is 23.1 Å². The van der Waals surface area contributed by atoms with E-state index in [4.69, 9.17) is 16.3 Å². The summed E-state index contributed by atoms with van der Waals surface area (Å²) < 4.78 is 5.66. The van der Waals surface area contributed by atoms with Crippen LogP contribution in [0.5, 0.6) is 0 Å². The number of nitrogens with zero attached hydrogens (tertiary/aromatic N) is 2. The van der Waals surface area contributed by atoms with Gasteiger partial charge in [-0.25, -0.2) is 4.98 Å². The van der Waals surface area contributed by atoms with Gasteiger partial charge < -0.3 is 15.4 Å². The van der Waals surface area contributed by atoms with Crippen LogP contribution in [-0.2, 0) is 4.74 Å².